The molecule has 2 bridgehead atoms. The summed E-state index contributed by atoms with van der Waals surface area (Å²) in [6.07, 6.45) is -0.661. The van der Waals surface area contributed by atoms with Crippen molar-refractivity contribution in [3.63, 3.8) is 0 Å². The summed E-state index contributed by atoms with van der Waals surface area (Å²) in [4.78, 5) is 0.181. The molecule has 1 aromatic heterocycles. The van der Waals surface area contributed by atoms with E-state index >= 15 is 0 Å². The molecule has 2 heterocycles. The van der Waals surface area contributed by atoms with Gasteiger partial charge < -0.3 is 4.74 Å². The molecule has 6 nitrogen and oxygen atoms in total. The zero-order valence-corrected chi connectivity index (χ0v) is 17.6. The molecule has 2 aliphatic rings. The first-order valence-electron chi connectivity index (χ1n) is 9.99. The fourth-order valence-electron chi connectivity index (χ4n) is 4.69. The Morgan fingerprint density at radius 1 is 1.27 bits per heavy atom. The number of hydrogen-bond donors (Lipinski definition) is 0. The minimum atomic E-state index is -4.46. The van der Waals surface area contributed by atoms with E-state index in [1.165, 1.54) is 22.6 Å². The number of rotatable bonds is 6. The molecule has 0 amide bonds. The number of aryl methyl sites for hydroxylation is 1. The molecule has 1 saturated carbocycles. The number of benzene rings is 1. The summed E-state index contributed by atoms with van der Waals surface area (Å²) in [7, 11) is -3.78. The third-order valence-corrected chi connectivity index (χ3v) is 8.25. The number of halogens is 3. The maximum absolute atomic E-state index is 13.5. The molecular formula is C20H24F3N3O3S. The van der Waals surface area contributed by atoms with Crippen molar-refractivity contribution in [3.05, 3.63) is 41.7 Å². The molecule has 0 unspecified atom stereocenters. The van der Waals surface area contributed by atoms with Gasteiger partial charge in [0.1, 0.15) is 17.3 Å². The van der Waals surface area contributed by atoms with Gasteiger partial charge in [-0.2, -0.15) is 22.6 Å². The van der Waals surface area contributed by atoms with Crippen molar-refractivity contribution in [2.24, 2.45) is 5.92 Å². The van der Waals surface area contributed by atoms with Gasteiger partial charge in [-0.15, -0.1) is 0 Å². The van der Waals surface area contributed by atoms with Gasteiger partial charge in [0.05, 0.1) is 23.5 Å². The topological polar surface area (TPSA) is 64.4 Å². The Bertz CT molecular complexity index is 1040. The van der Waals surface area contributed by atoms with Crippen molar-refractivity contribution >= 4 is 10.0 Å². The van der Waals surface area contributed by atoms with Gasteiger partial charge in [0.15, 0.2) is 0 Å². The highest BCUT2D eigenvalue weighted by Gasteiger charge is 2.52. The number of sulfonamides is 1. The standard InChI is InChI=1S/C20H24F3N3O3S/c1-3-25-13(2)19(11-24-25)30(27,28)26-16-8-7-14(9-16)18(26)12-29-17-6-4-5-15(10-17)20(21,22)23/h4-6,10-11,14,16,18H,3,7-9,12H2,1-2H3/t14-,16-,18+/m1/s1. The fraction of sp³-hybridized carbons (Fsp3) is 0.550. The first-order chi connectivity index (χ1) is 14.1. The minimum absolute atomic E-state index is 0.0165. The molecule has 1 saturated heterocycles. The van der Waals surface area contributed by atoms with Crippen molar-refractivity contribution in [1.29, 1.82) is 0 Å². The highest BCUT2D eigenvalue weighted by Crippen LogP contribution is 2.45. The van der Waals surface area contributed by atoms with Gasteiger partial charge >= 0.3 is 6.18 Å². The number of ether oxygens (including phenoxy) is 1. The van der Waals surface area contributed by atoms with Crippen molar-refractivity contribution in [1.82, 2.24) is 14.1 Å². The van der Waals surface area contributed by atoms with Crippen LogP contribution in [0.25, 0.3) is 0 Å². The molecule has 164 valence electrons. The van der Waals surface area contributed by atoms with Crippen LogP contribution in [0.15, 0.2) is 35.4 Å². The van der Waals surface area contributed by atoms with Crippen LogP contribution < -0.4 is 4.74 Å². The highest BCUT2D eigenvalue weighted by molar-refractivity contribution is 7.89. The maximum atomic E-state index is 13.5. The van der Waals surface area contributed by atoms with Crippen LogP contribution in [0.4, 0.5) is 13.2 Å². The number of aromatic nitrogens is 2. The van der Waals surface area contributed by atoms with Crippen LogP contribution in [0.3, 0.4) is 0 Å². The second kappa shape index (κ2) is 7.56. The molecule has 4 rings (SSSR count). The van der Waals surface area contributed by atoms with Crippen molar-refractivity contribution in [3.8, 4) is 5.75 Å². The van der Waals surface area contributed by atoms with Gasteiger partial charge in [0.25, 0.3) is 0 Å². The molecule has 3 atom stereocenters. The van der Waals surface area contributed by atoms with Crippen molar-refractivity contribution in [2.75, 3.05) is 6.61 Å². The lowest BCUT2D eigenvalue weighted by atomic mass is 10.0. The molecule has 2 fully saturated rings. The Labute approximate surface area is 173 Å². The van der Waals surface area contributed by atoms with Gasteiger partial charge in [-0.05, 0) is 57.2 Å². The van der Waals surface area contributed by atoms with E-state index < -0.39 is 27.8 Å². The second-order valence-electron chi connectivity index (χ2n) is 7.88. The van der Waals surface area contributed by atoms with Crippen LogP contribution >= 0.6 is 0 Å². The van der Waals surface area contributed by atoms with E-state index in [1.807, 2.05) is 6.92 Å². The van der Waals surface area contributed by atoms with Crippen molar-refractivity contribution in [2.45, 2.75) is 62.8 Å². The number of nitrogens with zero attached hydrogens (tertiary/aromatic N) is 3. The molecule has 1 aromatic carbocycles. The summed E-state index contributed by atoms with van der Waals surface area (Å²) in [5.74, 6) is 0.219. The Balaban J connectivity index is 1.58. The van der Waals surface area contributed by atoms with E-state index in [-0.39, 0.29) is 29.2 Å². The summed E-state index contributed by atoms with van der Waals surface area (Å²) in [5, 5.41) is 4.16. The van der Waals surface area contributed by atoms with Crippen LogP contribution in [-0.2, 0) is 22.7 Å². The lowest BCUT2D eigenvalue weighted by Gasteiger charge is -2.34. The summed E-state index contributed by atoms with van der Waals surface area (Å²) in [6, 6.07) is 4.15. The number of fused-ring (bicyclic) bond motifs is 2. The lowest BCUT2D eigenvalue weighted by Crippen LogP contribution is -2.47. The van der Waals surface area contributed by atoms with Gasteiger partial charge in [-0.1, -0.05) is 6.07 Å². The second-order valence-corrected chi connectivity index (χ2v) is 9.69. The average molecular weight is 443 g/mol. The summed E-state index contributed by atoms with van der Waals surface area (Å²) < 4.78 is 74.6. The van der Waals surface area contributed by atoms with E-state index in [1.54, 1.807) is 11.6 Å². The molecule has 2 aromatic rings. The lowest BCUT2D eigenvalue weighted by molar-refractivity contribution is -0.137. The molecular weight excluding hydrogens is 419 g/mol. The highest BCUT2D eigenvalue weighted by atomic mass is 32.2. The van der Waals surface area contributed by atoms with E-state index in [0.717, 1.165) is 31.4 Å². The maximum Gasteiger partial charge on any atom is 0.416 e. The Morgan fingerprint density at radius 2 is 2.03 bits per heavy atom. The molecule has 10 heteroatoms. The zero-order valence-electron chi connectivity index (χ0n) is 16.8. The Hall–Kier alpha value is -2.07. The summed E-state index contributed by atoms with van der Waals surface area (Å²) in [5.41, 5.74) is -0.210. The van der Waals surface area contributed by atoms with Gasteiger partial charge in [0, 0.05) is 12.6 Å². The first-order valence-corrected chi connectivity index (χ1v) is 11.4. The smallest absolute Gasteiger partial charge is 0.416 e. The number of piperidine rings is 1. The van der Waals surface area contributed by atoms with E-state index in [9.17, 15) is 21.6 Å². The molecule has 0 N–H and O–H groups in total. The third-order valence-electron chi connectivity index (χ3n) is 6.17. The molecule has 1 aliphatic carbocycles. The fourth-order valence-corrected chi connectivity index (χ4v) is 6.75. The molecule has 0 spiro atoms. The van der Waals surface area contributed by atoms with Crippen LogP contribution in [0.2, 0.25) is 0 Å². The minimum Gasteiger partial charge on any atom is -0.492 e. The van der Waals surface area contributed by atoms with Crippen LogP contribution in [0.1, 0.15) is 37.4 Å². The quantitative estimate of drug-likeness (QED) is 0.680. The zero-order chi connectivity index (χ0) is 21.7. The van der Waals surface area contributed by atoms with Crippen LogP contribution in [0, 0.1) is 12.8 Å². The monoisotopic (exact) mass is 443 g/mol. The van der Waals surface area contributed by atoms with Gasteiger partial charge in [-0.25, -0.2) is 8.42 Å². The average Bonchev–Trinajstić information content (AvgIpc) is 3.40. The number of alkyl halides is 3. The predicted octanol–water partition coefficient (Wildman–Crippen LogP) is 3.85. The Kier molecular flexibility index (Phi) is 5.34. The molecule has 1 aliphatic heterocycles. The van der Waals surface area contributed by atoms with Gasteiger partial charge in [-0.3, -0.25) is 4.68 Å². The SMILES string of the molecule is CCn1ncc(S(=O)(=O)N2[C@@H]3CC[C@H](C3)[C@@H]2COc2cccc(C(F)(F)F)c2)c1C. The van der Waals surface area contributed by atoms with Crippen LogP contribution in [-0.4, -0.2) is 41.2 Å². The predicted molar refractivity (Wildman–Crippen MR) is 104 cm³/mol. The first kappa shape index (κ1) is 21.2. The van der Waals surface area contributed by atoms with E-state index in [2.05, 4.69) is 5.10 Å². The van der Waals surface area contributed by atoms with E-state index in [0.29, 0.717) is 12.2 Å². The summed E-state index contributed by atoms with van der Waals surface area (Å²) >= 11 is 0. The molecule has 0 radical (unpaired) electrons. The normalized spacial score (nSPS) is 24.5. The van der Waals surface area contributed by atoms with Crippen molar-refractivity contribution < 1.29 is 26.3 Å². The molecule has 30 heavy (non-hydrogen) atoms. The van der Waals surface area contributed by atoms with E-state index in [4.69, 9.17) is 4.74 Å². The van der Waals surface area contributed by atoms with Gasteiger partial charge in [0.2, 0.25) is 10.0 Å². The van der Waals surface area contributed by atoms with Crippen LogP contribution in [0.5, 0.6) is 5.75 Å². The largest absolute Gasteiger partial charge is 0.492 e. The Morgan fingerprint density at radius 3 is 2.70 bits per heavy atom. The third kappa shape index (κ3) is 3.60. The number of hydrogen-bond acceptors (Lipinski definition) is 4. The summed E-state index contributed by atoms with van der Waals surface area (Å²) in [6.45, 7) is 4.20.